The summed E-state index contributed by atoms with van der Waals surface area (Å²) in [5, 5.41) is 6.84. The van der Waals surface area contributed by atoms with Crippen LogP contribution in [0.4, 0.5) is 5.69 Å². The number of thiophene rings is 1. The lowest BCUT2D eigenvalue weighted by atomic mass is 10.2. The van der Waals surface area contributed by atoms with Crippen LogP contribution in [0.3, 0.4) is 0 Å². The summed E-state index contributed by atoms with van der Waals surface area (Å²) in [5.41, 5.74) is 3.19. The van der Waals surface area contributed by atoms with E-state index in [1.807, 2.05) is 48.0 Å². The van der Waals surface area contributed by atoms with Gasteiger partial charge >= 0.3 is 0 Å². The Labute approximate surface area is 153 Å². The molecule has 4 rings (SSSR count). The fourth-order valence-electron chi connectivity index (χ4n) is 2.63. The first kappa shape index (κ1) is 16.3. The SMILES string of the molecule is Cc1oc(-c2ccsc2)nc1CC(=O)Nc1cccc(-c2ncc[nH]2)c1. The standard InChI is InChI=1S/C19H16N4O2S/c1-12-16(23-19(25-12)14-5-8-26-11-14)10-17(24)22-15-4-2-3-13(9-15)18-20-6-7-21-18/h2-9,11H,10H2,1H3,(H,20,21)(H,22,24). The molecule has 0 aliphatic heterocycles. The second-order valence-corrected chi connectivity index (χ2v) is 6.56. The van der Waals surface area contributed by atoms with Crippen molar-refractivity contribution in [1.82, 2.24) is 15.0 Å². The molecular formula is C19H16N4O2S. The van der Waals surface area contributed by atoms with Crippen molar-refractivity contribution >= 4 is 22.9 Å². The maximum Gasteiger partial charge on any atom is 0.230 e. The zero-order valence-corrected chi connectivity index (χ0v) is 14.8. The molecule has 0 saturated carbocycles. The molecule has 0 unspecified atom stereocenters. The van der Waals surface area contributed by atoms with Crippen LogP contribution >= 0.6 is 11.3 Å². The van der Waals surface area contributed by atoms with Gasteiger partial charge in [-0.25, -0.2) is 9.97 Å². The van der Waals surface area contributed by atoms with E-state index >= 15 is 0 Å². The molecule has 0 bridgehead atoms. The smallest absolute Gasteiger partial charge is 0.230 e. The Balaban J connectivity index is 1.47. The Hall–Kier alpha value is -3.19. The first-order valence-electron chi connectivity index (χ1n) is 8.07. The van der Waals surface area contributed by atoms with E-state index in [9.17, 15) is 4.79 Å². The highest BCUT2D eigenvalue weighted by Crippen LogP contribution is 2.24. The lowest BCUT2D eigenvalue weighted by molar-refractivity contribution is -0.115. The van der Waals surface area contributed by atoms with E-state index in [0.29, 0.717) is 23.0 Å². The predicted molar refractivity (Wildman–Crippen MR) is 101 cm³/mol. The van der Waals surface area contributed by atoms with Crippen molar-refractivity contribution in [2.24, 2.45) is 0 Å². The van der Waals surface area contributed by atoms with Crippen molar-refractivity contribution in [3.8, 4) is 22.8 Å². The molecule has 0 atom stereocenters. The second kappa shape index (κ2) is 6.97. The number of aromatic nitrogens is 3. The molecule has 0 radical (unpaired) electrons. The van der Waals surface area contributed by atoms with Crippen molar-refractivity contribution in [2.75, 3.05) is 5.32 Å². The lowest BCUT2D eigenvalue weighted by Gasteiger charge is -2.06. The minimum atomic E-state index is -0.144. The summed E-state index contributed by atoms with van der Waals surface area (Å²) < 4.78 is 5.68. The van der Waals surface area contributed by atoms with Crippen LogP contribution in [0.15, 0.2) is 57.9 Å². The van der Waals surface area contributed by atoms with E-state index < -0.39 is 0 Å². The third-order valence-electron chi connectivity index (χ3n) is 3.91. The maximum absolute atomic E-state index is 12.4. The summed E-state index contributed by atoms with van der Waals surface area (Å²) in [6.07, 6.45) is 3.61. The van der Waals surface area contributed by atoms with Crippen molar-refractivity contribution < 1.29 is 9.21 Å². The third kappa shape index (κ3) is 3.43. The number of imidazole rings is 1. The molecule has 6 nitrogen and oxygen atoms in total. The highest BCUT2D eigenvalue weighted by Gasteiger charge is 2.15. The van der Waals surface area contributed by atoms with E-state index in [1.54, 1.807) is 23.7 Å². The van der Waals surface area contributed by atoms with Crippen molar-refractivity contribution in [2.45, 2.75) is 13.3 Å². The van der Waals surface area contributed by atoms with Crippen LogP contribution in [0.1, 0.15) is 11.5 Å². The van der Waals surface area contributed by atoms with Gasteiger partial charge in [0, 0.05) is 34.6 Å². The maximum atomic E-state index is 12.4. The number of nitrogens with zero attached hydrogens (tertiary/aromatic N) is 2. The van der Waals surface area contributed by atoms with E-state index in [-0.39, 0.29) is 12.3 Å². The largest absolute Gasteiger partial charge is 0.441 e. The third-order valence-corrected chi connectivity index (χ3v) is 4.59. The number of hydrogen-bond acceptors (Lipinski definition) is 5. The number of benzene rings is 1. The van der Waals surface area contributed by atoms with Crippen LogP contribution in [-0.2, 0) is 11.2 Å². The van der Waals surface area contributed by atoms with Crippen LogP contribution in [0.25, 0.3) is 22.8 Å². The number of aryl methyl sites for hydroxylation is 1. The number of oxazole rings is 1. The molecule has 0 spiro atoms. The number of nitrogens with one attached hydrogen (secondary N) is 2. The van der Waals surface area contributed by atoms with Crippen LogP contribution in [0.5, 0.6) is 0 Å². The molecule has 130 valence electrons. The molecule has 3 aromatic heterocycles. The van der Waals surface area contributed by atoms with Gasteiger partial charge in [0.15, 0.2) is 0 Å². The fourth-order valence-corrected chi connectivity index (χ4v) is 3.26. The van der Waals surface area contributed by atoms with Gasteiger partial charge in [-0.05, 0) is 30.5 Å². The number of anilines is 1. The van der Waals surface area contributed by atoms with Gasteiger partial charge in [-0.3, -0.25) is 4.79 Å². The number of amides is 1. The van der Waals surface area contributed by atoms with Crippen molar-refractivity contribution in [3.05, 3.63) is 64.9 Å². The van der Waals surface area contributed by atoms with Crippen LogP contribution in [0.2, 0.25) is 0 Å². The Morgan fingerprint density at radius 1 is 1.31 bits per heavy atom. The van der Waals surface area contributed by atoms with E-state index in [4.69, 9.17) is 4.42 Å². The molecule has 0 saturated heterocycles. The average Bonchev–Trinajstić information content (AvgIpc) is 3.37. The number of carbonyl (C=O) groups is 1. The van der Waals surface area contributed by atoms with Crippen LogP contribution < -0.4 is 5.32 Å². The van der Waals surface area contributed by atoms with Gasteiger partial charge in [0.2, 0.25) is 11.8 Å². The van der Waals surface area contributed by atoms with Gasteiger partial charge in [-0.1, -0.05) is 12.1 Å². The summed E-state index contributed by atoms with van der Waals surface area (Å²) in [4.78, 5) is 24.1. The Kier molecular flexibility index (Phi) is 4.37. The van der Waals surface area contributed by atoms with E-state index in [0.717, 1.165) is 17.0 Å². The number of hydrogen-bond donors (Lipinski definition) is 2. The van der Waals surface area contributed by atoms with Gasteiger partial charge < -0.3 is 14.7 Å². The Bertz CT molecular complexity index is 1020. The quantitative estimate of drug-likeness (QED) is 0.553. The molecule has 2 N–H and O–H groups in total. The molecule has 1 amide bonds. The van der Waals surface area contributed by atoms with Gasteiger partial charge in [0.05, 0.1) is 12.1 Å². The van der Waals surface area contributed by atoms with Crippen LogP contribution in [0, 0.1) is 6.92 Å². The van der Waals surface area contributed by atoms with Gasteiger partial charge in [-0.15, -0.1) is 0 Å². The molecule has 0 fully saturated rings. The zero-order chi connectivity index (χ0) is 17.9. The number of H-pyrrole nitrogens is 1. The highest BCUT2D eigenvalue weighted by atomic mass is 32.1. The average molecular weight is 364 g/mol. The van der Waals surface area contributed by atoms with E-state index in [1.165, 1.54) is 0 Å². The molecular weight excluding hydrogens is 348 g/mol. The molecule has 3 heterocycles. The zero-order valence-electron chi connectivity index (χ0n) is 14.0. The summed E-state index contributed by atoms with van der Waals surface area (Å²) in [5.74, 6) is 1.82. The first-order chi connectivity index (χ1) is 12.7. The number of rotatable bonds is 5. The van der Waals surface area contributed by atoms with Crippen molar-refractivity contribution in [1.29, 1.82) is 0 Å². The van der Waals surface area contributed by atoms with Gasteiger partial charge in [0.1, 0.15) is 11.6 Å². The first-order valence-corrected chi connectivity index (χ1v) is 9.02. The summed E-state index contributed by atoms with van der Waals surface area (Å²) in [6.45, 7) is 1.82. The normalized spacial score (nSPS) is 10.8. The summed E-state index contributed by atoms with van der Waals surface area (Å²) in [6, 6.07) is 9.48. The molecule has 7 heteroatoms. The summed E-state index contributed by atoms with van der Waals surface area (Å²) in [7, 11) is 0. The van der Waals surface area contributed by atoms with Crippen molar-refractivity contribution in [3.63, 3.8) is 0 Å². The van der Waals surface area contributed by atoms with Crippen LogP contribution in [-0.4, -0.2) is 20.9 Å². The molecule has 4 aromatic rings. The lowest BCUT2D eigenvalue weighted by Crippen LogP contribution is -2.15. The molecule has 0 aliphatic rings. The highest BCUT2D eigenvalue weighted by molar-refractivity contribution is 7.08. The Morgan fingerprint density at radius 3 is 3.00 bits per heavy atom. The van der Waals surface area contributed by atoms with E-state index in [2.05, 4.69) is 20.3 Å². The Morgan fingerprint density at radius 2 is 2.23 bits per heavy atom. The predicted octanol–water partition coefficient (Wildman–Crippen LogP) is 4.28. The number of aromatic amines is 1. The van der Waals surface area contributed by atoms with Gasteiger partial charge in [0.25, 0.3) is 0 Å². The van der Waals surface area contributed by atoms with Gasteiger partial charge in [-0.2, -0.15) is 11.3 Å². The number of carbonyl (C=O) groups excluding carboxylic acids is 1. The monoisotopic (exact) mass is 364 g/mol. The summed E-state index contributed by atoms with van der Waals surface area (Å²) >= 11 is 1.58. The molecule has 26 heavy (non-hydrogen) atoms. The minimum Gasteiger partial charge on any atom is -0.441 e. The molecule has 0 aliphatic carbocycles. The molecule has 1 aromatic carbocycles. The second-order valence-electron chi connectivity index (χ2n) is 5.78. The minimum absolute atomic E-state index is 0.144. The fraction of sp³-hybridized carbons (Fsp3) is 0.105. The topological polar surface area (TPSA) is 83.8 Å².